The van der Waals surface area contributed by atoms with Gasteiger partial charge in [-0.15, -0.1) is 0 Å². The summed E-state index contributed by atoms with van der Waals surface area (Å²) >= 11 is 3.43. The molecular formula is C15H20BrNO3. The summed E-state index contributed by atoms with van der Waals surface area (Å²) in [6.45, 7) is 4.88. The molecule has 0 saturated carbocycles. The van der Waals surface area contributed by atoms with E-state index in [1.807, 2.05) is 36.9 Å². The number of halogens is 1. The molecule has 0 aromatic heterocycles. The van der Waals surface area contributed by atoms with E-state index >= 15 is 0 Å². The number of aliphatic hydroxyl groups excluding tert-OH is 1. The molecule has 1 amide bonds. The maximum Gasteiger partial charge on any atom is 0.227 e. The third-order valence-electron chi connectivity index (χ3n) is 3.68. The second kappa shape index (κ2) is 6.70. The average Bonchev–Trinajstić information content (AvgIpc) is 2.42. The Bertz CT molecular complexity index is 492. The Kier molecular flexibility index (Phi) is 5.18. The van der Waals surface area contributed by atoms with E-state index in [1.165, 1.54) is 0 Å². The second-order valence-corrected chi connectivity index (χ2v) is 6.20. The van der Waals surface area contributed by atoms with Gasteiger partial charge < -0.3 is 14.7 Å². The fourth-order valence-corrected chi connectivity index (χ4v) is 2.87. The van der Waals surface area contributed by atoms with Crippen LogP contribution in [-0.2, 0) is 16.0 Å². The van der Waals surface area contributed by atoms with Crippen LogP contribution in [0.15, 0.2) is 22.7 Å². The number of rotatable bonds is 3. The molecule has 1 heterocycles. The maximum absolute atomic E-state index is 12.5. The number of aryl methyl sites for hydroxylation is 1. The fraction of sp³-hybridized carbons (Fsp3) is 0.533. The van der Waals surface area contributed by atoms with Crippen LogP contribution in [0.2, 0.25) is 0 Å². The lowest BCUT2D eigenvalue weighted by Crippen LogP contribution is -2.52. The number of hydrogen-bond acceptors (Lipinski definition) is 3. The maximum atomic E-state index is 12.5. The summed E-state index contributed by atoms with van der Waals surface area (Å²) in [6.07, 6.45) is 0.128. The molecule has 1 aliphatic heterocycles. The minimum Gasteiger partial charge on any atom is -0.394 e. The number of carbonyl (C=O) groups is 1. The van der Waals surface area contributed by atoms with Crippen LogP contribution in [0, 0.1) is 6.92 Å². The van der Waals surface area contributed by atoms with E-state index in [9.17, 15) is 9.90 Å². The van der Waals surface area contributed by atoms with Crippen LogP contribution in [-0.4, -0.2) is 47.8 Å². The average molecular weight is 342 g/mol. The molecule has 1 N–H and O–H groups in total. The number of morpholine rings is 1. The molecule has 2 rings (SSSR count). The summed E-state index contributed by atoms with van der Waals surface area (Å²) in [5.74, 6) is 0.0877. The van der Waals surface area contributed by atoms with E-state index < -0.39 is 0 Å². The van der Waals surface area contributed by atoms with E-state index in [-0.39, 0.29) is 24.7 Å². The third-order valence-corrected chi connectivity index (χ3v) is 4.17. The highest BCUT2D eigenvalue weighted by Crippen LogP contribution is 2.19. The van der Waals surface area contributed by atoms with Crippen LogP contribution in [0.4, 0.5) is 0 Å². The highest BCUT2D eigenvalue weighted by atomic mass is 79.9. The molecule has 1 saturated heterocycles. The van der Waals surface area contributed by atoms with Gasteiger partial charge in [-0.1, -0.05) is 22.0 Å². The Morgan fingerprint density at radius 1 is 1.55 bits per heavy atom. The molecule has 0 radical (unpaired) electrons. The number of nitrogens with zero attached hydrogens (tertiary/aromatic N) is 1. The van der Waals surface area contributed by atoms with Crippen LogP contribution in [0.3, 0.4) is 0 Å². The van der Waals surface area contributed by atoms with Gasteiger partial charge in [0, 0.05) is 11.0 Å². The van der Waals surface area contributed by atoms with Gasteiger partial charge in [0.2, 0.25) is 5.91 Å². The van der Waals surface area contributed by atoms with Gasteiger partial charge in [-0.25, -0.2) is 0 Å². The summed E-state index contributed by atoms with van der Waals surface area (Å²) in [4.78, 5) is 14.3. The Hall–Kier alpha value is -0.910. The first-order valence-corrected chi connectivity index (χ1v) is 7.57. The van der Waals surface area contributed by atoms with Crippen molar-refractivity contribution in [1.82, 2.24) is 4.90 Å². The smallest absolute Gasteiger partial charge is 0.227 e. The van der Waals surface area contributed by atoms with E-state index in [0.29, 0.717) is 19.6 Å². The monoisotopic (exact) mass is 341 g/mol. The van der Waals surface area contributed by atoms with Crippen LogP contribution in [0.1, 0.15) is 18.1 Å². The number of ether oxygens (including phenoxy) is 1. The molecule has 1 fully saturated rings. The number of benzene rings is 1. The first-order valence-electron chi connectivity index (χ1n) is 6.78. The lowest BCUT2D eigenvalue weighted by atomic mass is 10.0. The summed E-state index contributed by atoms with van der Waals surface area (Å²) in [6, 6.07) is 6.00. The highest BCUT2D eigenvalue weighted by Gasteiger charge is 2.29. The molecule has 0 unspecified atom stereocenters. The number of amides is 1. The van der Waals surface area contributed by atoms with Crippen molar-refractivity contribution in [2.45, 2.75) is 32.4 Å². The summed E-state index contributed by atoms with van der Waals surface area (Å²) in [5.41, 5.74) is 2.14. The molecule has 1 aliphatic rings. The van der Waals surface area contributed by atoms with E-state index in [0.717, 1.165) is 15.6 Å². The van der Waals surface area contributed by atoms with Gasteiger partial charge in [0.05, 0.1) is 31.8 Å². The molecule has 110 valence electrons. The predicted molar refractivity (Wildman–Crippen MR) is 80.6 cm³/mol. The fourth-order valence-electron chi connectivity index (χ4n) is 2.40. The molecule has 2 atom stereocenters. The zero-order valence-electron chi connectivity index (χ0n) is 11.8. The normalized spacial score (nSPS) is 22.9. The largest absolute Gasteiger partial charge is 0.394 e. The van der Waals surface area contributed by atoms with Crippen molar-refractivity contribution in [2.75, 3.05) is 19.8 Å². The SMILES string of the molecule is Cc1cc(Br)ccc1CC(=O)N1C[C@@H](CO)OC[C@H]1C. The van der Waals surface area contributed by atoms with Gasteiger partial charge >= 0.3 is 0 Å². The van der Waals surface area contributed by atoms with Crippen LogP contribution >= 0.6 is 15.9 Å². The van der Waals surface area contributed by atoms with Crippen molar-refractivity contribution < 1.29 is 14.6 Å². The Morgan fingerprint density at radius 3 is 2.95 bits per heavy atom. The molecule has 4 nitrogen and oxygen atoms in total. The minimum atomic E-state index is -0.263. The van der Waals surface area contributed by atoms with Gasteiger partial charge in [-0.05, 0) is 37.1 Å². The van der Waals surface area contributed by atoms with Crippen molar-refractivity contribution in [3.8, 4) is 0 Å². The van der Waals surface area contributed by atoms with Crippen LogP contribution in [0.25, 0.3) is 0 Å². The zero-order valence-corrected chi connectivity index (χ0v) is 13.4. The molecule has 20 heavy (non-hydrogen) atoms. The summed E-state index contributed by atoms with van der Waals surface area (Å²) < 4.78 is 6.48. The highest BCUT2D eigenvalue weighted by molar-refractivity contribution is 9.10. The number of hydrogen-bond donors (Lipinski definition) is 1. The number of carbonyl (C=O) groups excluding carboxylic acids is 1. The van der Waals surface area contributed by atoms with Crippen molar-refractivity contribution in [3.05, 3.63) is 33.8 Å². The topological polar surface area (TPSA) is 49.8 Å². The quantitative estimate of drug-likeness (QED) is 0.913. The predicted octanol–water partition coefficient (Wildman–Crippen LogP) is 1.91. The van der Waals surface area contributed by atoms with Crippen molar-refractivity contribution in [2.24, 2.45) is 0 Å². The second-order valence-electron chi connectivity index (χ2n) is 5.28. The van der Waals surface area contributed by atoms with Gasteiger partial charge in [0.15, 0.2) is 0 Å². The van der Waals surface area contributed by atoms with E-state index in [2.05, 4.69) is 15.9 Å². The van der Waals surface area contributed by atoms with Crippen molar-refractivity contribution >= 4 is 21.8 Å². The molecule has 1 aromatic carbocycles. The molecule has 1 aromatic rings. The molecule has 0 aliphatic carbocycles. The van der Waals surface area contributed by atoms with Gasteiger partial charge in [-0.3, -0.25) is 4.79 Å². The van der Waals surface area contributed by atoms with Crippen molar-refractivity contribution in [1.29, 1.82) is 0 Å². The van der Waals surface area contributed by atoms with Crippen LogP contribution in [0.5, 0.6) is 0 Å². The number of aliphatic hydroxyl groups is 1. The molecule has 0 bridgehead atoms. The molecular weight excluding hydrogens is 322 g/mol. The Labute approximate surface area is 127 Å². The molecule has 5 heteroatoms. The minimum absolute atomic E-state index is 0.0478. The third kappa shape index (κ3) is 3.59. The standard InChI is InChI=1S/C15H20BrNO3/c1-10-5-13(16)4-3-12(10)6-15(19)17-7-14(8-18)20-9-11(17)2/h3-5,11,14,18H,6-9H2,1-2H3/t11-,14+/m1/s1. The zero-order chi connectivity index (χ0) is 14.7. The van der Waals surface area contributed by atoms with E-state index in [4.69, 9.17) is 4.74 Å². The van der Waals surface area contributed by atoms with Crippen molar-refractivity contribution in [3.63, 3.8) is 0 Å². The Morgan fingerprint density at radius 2 is 2.30 bits per heavy atom. The lowest BCUT2D eigenvalue weighted by molar-refractivity contribution is -0.145. The van der Waals surface area contributed by atoms with Gasteiger partial charge in [0.25, 0.3) is 0 Å². The lowest BCUT2D eigenvalue weighted by Gasteiger charge is -2.37. The van der Waals surface area contributed by atoms with Gasteiger partial charge in [0.1, 0.15) is 0 Å². The summed E-state index contributed by atoms with van der Waals surface area (Å²) in [5, 5.41) is 9.17. The summed E-state index contributed by atoms with van der Waals surface area (Å²) in [7, 11) is 0. The van der Waals surface area contributed by atoms with Crippen LogP contribution < -0.4 is 0 Å². The first-order chi connectivity index (χ1) is 9.51. The first kappa shape index (κ1) is 15.5. The molecule has 0 spiro atoms. The van der Waals surface area contributed by atoms with Gasteiger partial charge in [-0.2, -0.15) is 0 Å². The Balaban J connectivity index is 2.06. The van der Waals surface area contributed by atoms with E-state index in [1.54, 1.807) is 0 Å².